The highest BCUT2D eigenvalue weighted by Crippen LogP contribution is 2.27. The molecular weight excluding hydrogens is 348 g/mol. The lowest BCUT2D eigenvalue weighted by Crippen LogP contribution is -2.51. The number of carbonyl (C=O) groups is 1. The zero-order chi connectivity index (χ0) is 17.7. The van der Waals surface area contributed by atoms with E-state index in [1.807, 2.05) is 18.2 Å². The molecule has 1 amide bonds. The number of carbonyl (C=O) groups excluding carboxylic acids is 1. The van der Waals surface area contributed by atoms with Crippen LogP contribution in [0.1, 0.15) is 19.4 Å². The van der Waals surface area contributed by atoms with Crippen LogP contribution in [-0.2, 0) is 21.4 Å². The van der Waals surface area contributed by atoms with Crippen molar-refractivity contribution >= 4 is 27.3 Å². The van der Waals surface area contributed by atoms with Gasteiger partial charge < -0.3 is 0 Å². The summed E-state index contributed by atoms with van der Waals surface area (Å²) in [6, 6.07) is 11.2. The van der Waals surface area contributed by atoms with E-state index in [9.17, 15) is 13.2 Å². The molecule has 0 aliphatic carbocycles. The van der Waals surface area contributed by atoms with Gasteiger partial charge in [-0.05, 0) is 22.9 Å². The highest BCUT2D eigenvalue weighted by atomic mass is 32.2. The molecule has 2 aromatic rings. The van der Waals surface area contributed by atoms with Gasteiger partial charge in [0.05, 0.1) is 0 Å². The van der Waals surface area contributed by atoms with Crippen molar-refractivity contribution in [2.24, 2.45) is 5.92 Å². The molecule has 130 valence electrons. The first-order valence-corrected chi connectivity index (χ1v) is 9.73. The van der Waals surface area contributed by atoms with Gasteiger partial charge in [0, 0.05) is 6.54 Å². The summed E-state index contributed by atoms with van der Waals surface area (Å²) in [5.41, 5.74) is 2.35. The molecular formula is C16H20N2O4S2. The maximum Gasteiger partial charge on any atom is 0.262 e. The van der Waals surface area contributed by atoms with E-state index < -0.39 is 22.0 Å². The van der Waals surface area contributed by atoms with Crippen LogP contribution < -0.4 is 5.48 Å². The topological polar surface area (TPSA) is 86.7 Å². The maximum absolute atomic E-state index is 13.0. The molecule has 0 fully saturated rings. The number of rotatable bonds is 7. The van der Waals surface area contributed by atoms with Crippen LogP contribution in [0.4, 0.5) is 0 Å². The molecule has 1 heterocycles. The Hall–Kier alpha value is -1.74. The van der Waals surface area contributed by atoms with Crippen molar-refractivity contribution in [1.82, 2.24) is 9.79 Å². The Kier molecular flexibility index (Phi) is 6.11. The summed E-state index contributed by atoms with van der Waals surface area (Å²) >= 11 is 1.09. The van der Waals surface area contributed by atoms with E-state index in [2.05, 4.69) is 0 Å². The monoisotopic (exact) mass is 368 g/mol. The second kappa shape index (κ2) is 7.89. The van der Waals surface area contributed by atoms with Gasteiger partial charge in [0.2, 0.25) is 0 Å². The standard InChI is InChI=1S/C16H20N2O4S2/c1-12(2)15(16(19)17-20)18(11-13-7-4-3-5-8-13)24(21,22)14-9-6-10-23-14/h3-10,12,15,20H,11H2,1-2H3,(H,17,19)/t15-/m0/s1. The first kappa shape index (κ1) is 18.6. The summed E-state index contributed by atoms with van der Waals surface area (Å²) in [7, 11) is -3.88. The van der Waals surface area contributed by atoms with Crippen molar-refractivity contribution in [3.63, 3.8) is 0 Å². The smallest absolute Gasteiger partial charge is 0.262 e. The second-order valence-electron chi connectivity index (χ2n) is 5.63. The SMILES string of the molecule is CC(C)[C@@H](C(=O)NO)N(Cc1ccccc1)S(=O)(=O)c1cccs1. The van der Waals surface area contributed by atoms with Crippen LogP contribution in [0, 0.1) is 5.92 Å². The molecule has 2 rings (SSSR count). The fraction of sp³-hybridized carbons (Fsp3) is 0.312. The zero-order valence-electron chi connectivity index (χ0n) is 13.4. The molecule has 0 radical (unpaired) electrons. The summed E-state index contributed by atoms with van der Waals surface area (Å²) in [5.74, 6) is -1.07. The van der Waals surface area contributed by atoms with Gasteiger partial charge in [0.15, 0.2) is 0 Å². The molecule has 0 aliphatic heterocycles. The Balaban J connectivity index is 2.50. The number of hydrogen-bond acceptors (Lipinski definition) is 5. The minimum Gasteiger partial charge on any atom is -0.289 e. The molecule has 1 aromatic carbocycles. The molecule has 2 N–H and O–H groups in total. The quantitative estimate of drug-likeness (QED) is 0.581. The van der Waals surface area contributed by atoms with Gasteiger partial charge in [-0.25, -0.2) is 13.9 Å². The van der Waals surface area contributed by atoms with E-state index in [0.717, 1.165) is 21.2 Å². The van der Waals surface area contributed by atoms with Crippen LogP contribution >= 0.6 is 11.3 Å². The highest BCUT2D eigenvalue weighted by molar-refractivity contribution is 7.91. The van der Waals surface area contributed by atoms with Gasteiger partial charge >= 0.3 is 0 Å². The third kappa shape index (κ3) is 4.02. The summed E-state index contributed by atoms with van der Waals surface area (Å²) in [5, 5.41) is 10.7. The van der Waals surface area contributed by atoms with Crippen LogP contribution in [0.25, 0.3) is 0 Å². The minimum absolute atomic E-state index is 0.0390. The highest BCUT2D eigenvalue weighted by Gasteiger charge is 2.38. The lowest BCUT2D eigenvalue weighted by atomic mass is 10.0. The van der Waals surface area contributed by atoms with E-state index in [1.54, 1.807) is 42.9 Å². The molecule has 0 aliphatic rings. The lowest BCUT2D eigenvalue weighted by molar-refractivity contribution is -0.134. The predicted octanol–water partition coefficient (Wildman–Crippen LogP) is 2.47. The van der Waals surface area contributed by atoms with Gasteiger partial charge in [-0.2, -0.15) is 4.31 Å². The average molecular weight is 368 g/mol. The fourth-order valence-electron chi connectivity index (χ4n) is 2.45. The van der Waals surface area contributed by atoms with Crippen LogP contribution in [0.3, 0.4) is 0 Å². The van der Waals surface area contributed by atoms with E-state index in [-0.39, 0.29) is 16.7 Å². The van der Waals surface area contributed by atoms with Gasteiger partial charge in [-0.3, -0.25) is 10.0 Å². The summed E-state index contributed by atoms with van der Waals surface area (Å²) in [4.78, 5) is 12.1. The second-order valence-corrected chi connectivity index (χ2v) is 8.70. The van der Waals surface area contributed by atoms with Crippen LogP contribution in [-0.4, -0.2) is 29.9 Å². The van der Waals surface area contributed by atoms with Crippen molar-refractivity contribution in [3.8, 4) is 0 Å². The molecule has 0 spiro atoms. The van der Waals surface area contributed by atoms with E-state index >= 15 is 0 Å². The Morgan fingerprint density at radius 2 is 1.88 bits per heavy atom. The number of nitrogens with zero attached hydrogens (tertiary/aromatic N) is 1. The van der Waals surface area contributed by atoms with Gasteiger partial charge in [0.25, 0.3) is 15.9 Å². The Morgan fingerprint density at radius 1 is 1.21 bits per heavy atom. The minimum atomic E-state index is -3.88. The molecule has 1 aromatic heterocycles. The molecule has 1 atom stereocenters. The summed E-state index contributed by atoms with van der Waals surface area (Å²) < 4.78 is 27.4. The fourth-order valence-corrected chi connectivity index (χ4v) is 5.28. The van der Waals surface area contributed by atoms with Gasteiger partial charge in [0.1, 0.15) is 10.3 Å². The molecule has 24 heavy (non-hydrogen) atoms. The Bertz CT molecular complexity index is 759. The molecule has 0 saturated heterocycles. The van der Waals surface area contributed by atoms with Crippen molar-refractivity contribution in [2.75, 3.05) is 0 Å². The molecule has 0 saturated carbocycles. The lowest BCUT2D eigenvalue weighted by Gasteiger charge is -2.31. The van der Waals surface area contributed by atoms with E-state index in [1.165, 1.54) is 6.07 Å². The third-order valence-corrected chi connectivity index (χ3v) is 6.76. The number of benzene rings is 1. The predicted molar refractivity (Wildman–Crippen MR) is 92.0 cm³/mol. The zero-order valence-corrected chi connectivity index (χ0v) is 15.0. The number of nitrogens with one attached hydrogen (secondary N) is 1. The van der Waals surface area contributed by atoms with Crippen LogP contribution in [0.15, 0.2) is 52.1 Å². The number of sulfonamides is 1. The number of hydroxylamine groups is 1. The molecule has 0 bridgehead atoms. The number of thiophene rings is 1. The molecule has 6 nitrogen and oxygen atoms in total. The van der Waals surface area contributed by atoms with Crippen molar-refractivity contribution < 1.29 is 18.4 Å². The van der Waals surface area contributed by atoms with Gasteiger partial charge in [-0.15, -0.1) is 11.3 Å². The normalized spacial score (nSPS) is 13.2. The van der Waals surface area contributed by atoms with E-state index in [4.69, 9.17) is 5.21 Å². The molecule has 8 heteroatoms. The number of hydrogen-bond donors (Lipinski definition) is 2. The van der Waals surface area contributed by atoms with Crippen molar-refractivity contribution in [1.29, 1.82) is 0 Å². The maximum atomic E-state index is 13.0. The van der Waals surface area contributed by atoms with Gasteiger partial charge in [-0.1, -0.05) is 50.2 Å². The number of amides is 1. The first-order valence-electron chi connectivity index (χ1n) is 7.41. The first-order chi connectivity index (χ1) is 11.4. The van der Waals surface area contributed by atoms with Crippen molar-refractivity contribution in [3.05, 3.63) is 53.4 Å². The average Bonchev–Trinajstić information content (AvgIpc) is 3.10. The summed E-state index contributed by atoms with van der Waals surface area (Å²) in [6.07, 6.45) is 0. The van der Waals surface area contributed by atoms with Crippen LogP contribution in [0.2, 0.25) is 0 Å². The molecule has 0 unspecified atom stereocenters. The van der Waals surface area contributed by atoms with Crippen LogP contribution in [0.5, 0.6) is 0 Å². The Morgan fingerprint density at radius 3 is 2.38 bits per heavy atom. The van der Waals surface area contributed by atoms with E-state index in [0.29, 0.717) is 0 Å². The van der Waals surface area contributed by atoms with Crippen molar-refractivity contribution in [2.45, 2.75) is 30.6 Å². The Labute approximate surface area is 145 Å². The third-order valence-electron chi connectivity index (χ3n) is 3.56. The largest absolute Gasteiger partial charge is 0.289 e. The summed E-state index contributed by atoms with van der Waals surface area (Å²) in [6.45, 7) is 3.51.